The molecule has 5 nitrogen and oxygen atoms in total. The molecular weight excluding hydrogens is 470 g/mol. The average molecular weight is 512 g/mol. The smallest absolute Gasteiger partial charge is 0.226 e. The monoisotopic (exact) mass is 511 g/mol. The number of unbranched alkanes of at least 4 members (excludes halogenated alkanes) is 2. The Labute approximate surface area is 227 Å². The maximum Gasteiger partial charge on any atom is 0.226 e. The van der Waals surface area contributed by atoms with Crippen LogP contribution in [-0.4, -0.2) is 34.4 Å². The highest BCUT2D eigenvalue weighted by molar-refractivity contribution is 5.85. The molecule has 0 radical (unpaired) electrons. The van der Waals surface area contributed by atoms with Crippen LogP contribution in [-0.2, 0) is 4.79 Å². The van der Waals surface area contributed by atoms with Crippen LogP contribution in [0.4, 0.5) is 0 Å². The topological polar surface area (TPSA) is 75.1 Å². The molecular formula is C33H41N3O2. The van der Waals surface area contributed by atoms with E-state index in [-0.39, 0.29) is 18.4 Å². The quantitative estimate of drug-likeness (QED) is 0.240. The van der Waals surface area contributed by atoms with Crippen LogP contribution < -0.4 is 5.32 Å². The Morgan fingerprint density at radius 2 is 1.95 bits per heavy atom. The van der Waals surface area contributed by atoms with Gasteiger partial charge in [0, 0.05) is 18.7 Å². The molecule has 200 valence electrons. The molecule has 1 aromatic carbocycles. The van der Waals surface area contributed by atoms with Crippen LogP contribution in [0, 0.1) is 5.92 Å². The highest BCUT2D eigenvalue weighted by atomic mass is 16.3. The van der Waals surface area contributed by atoms with Crippen LogP contribution >= 0.6 is 0 Å². The molecule has 0 saturated carbocycles. The van der Waals surface area contributed by atoms with Crippen LogP contribution in [0.1, 0.15) is 93.6 Å². The molecule has 0 bridgehead atoms. The summed E-state index contributed by atoms with van der Waals surface area (Å²) in [6, 6.07) is 12.5. The molecule has 2 aliphatic carbocycles. The number of allylic oxidation sites excluding steroid dienone is 4. The van der Waals surface area contributed by atoms with E-state index in [0.29, 0.717) is 6.54 Å². The van der Waals surface area contributed by atoms with Crippen LogP contribution in [0.25, 0.3) is 17.2 Å². The van der Waals surface area contributed by atoms with Gasteiger partial charge in [-0.3, -0.25) is 4.79 Å². The lowest BCUT2D eigenvalue weighted by Gasteiger charge is -2.20. The largest absolute Gasteiger partial charge is 0.396 e. The summed E-state index contributed by atoms with van der Waals surface area (Å²) in [5.41, 5.74) is 7.68. The SMILES string of the molecule is CCCCC(=CCCCNC(=O)C1C=C(c2ccc(C3=CCC=Cc4ccccc43)nn2)CCC1)CCO. The number of carbonyl (C=O) groups is 1. The second kappa shape index (κ2) is 14.6. The van der Waals surface area contributed by atoms with Gasteiger partial charge in [-0.25, -0.2) is 0 Å². The maximum absolute atomic E-state index is 12.9. The van der Waals surface area contributed by atoms with Crippen molar-refractivity contribution in [3.05, 3.63) is 88.8 Å². The summed E-state index contributed by atoms with van der Waals surface area (Å²) >= 11 is 0. The predicted octanol–water partition coefficient (Wildman–Crippen LogP) is 6.90. The van der Waals surface area contributed by atoms with Gasteiger partial charge in [0.1, 0.15) is 0 Å². The maximum atomic E-state index is 12.9. The third kappa shape index (κ3) is 7.61. The van der Waals surface area contributed by atoms with Crippen molar-refractivity contribution in [1.29, 1.82) is 0 Å². The zero-order chi connectivity index (χ0) is 26.6. The Morgan fingerprint density at radius 3 is 2.76 bits per heavy atom. The number of amides is 1. The number of hydrogen-bond acceptors (Lipinski definition) is 4. The van der Waals surface area contributed by atoms with Gasteiger partial charge in [0.25, 0.3) is 0 Å². The first-order valence-electron chi connectivity index (χ1n) is 14.3. The number of aliphatic hydroxyl groups is 1. The van der Waals surface area contributed by atoms with Crippen LogP contribution in [0.2, 0.25) is 0 Å². The van der Waals surface area contributed by atoms with Gasteiger partial charge >= 0.3 is 0 Å². The lowest BCUT2D eigenvalue weighted by molar-refractivity contribution is -0.123. The standard InChI is InChI=1S/C33H41N3O2/c1-2-3-11-25(21-23-37)12-8-9-22-34-33(38)28-16-10-15-27(24-28)31-19-20-32(36-35-31)30-18-7-5-14-26-13-4-6-17-29(26)30/h4-6,12-14,17-20,24,28,37H,2-3,7-11,15-16,21-23H2,1H3,(H,34,38). The first-order valence-corrected chi connectivity index (χ1v) is 14.3. The molecule has 1 atom stereocenters. The molecule has 2 aromatic rings. The molecule has 0 fully saturated rings. The molecule has 5 heteroatoms. The number of carbonyl (C=O) groups excluding carboxylic acids is 1. The Balaban J connectivity index is 1.33. The van der Waals surface area contributed by atoms with Crippen molar-refractivity contribution in [1.82, 2.24) is 15.5 Å². The molecule has 1 heterocycles. The second-order valence-electron chi connectivity index (χ2n) is 10.2. The number of aromatic nitrogens is 2. The number of nitrogens with one attached hydrogen (secondary N) is 1. The van der Waals surface area contributed by atoms with Crippen molar-refractivity contribution in [2.75, 3.05) is 13.2 Å². The van der Waals surface area contributed by atoms with Crippen LogP contribution in [0.3, 0.4) is 0 Å². The van der Waals surface area contributed by atoms with Crippen molar-refractivity contribution < 1.29 is 9.90 Å². The molecule has 38 heavy (non-hydrogen) atoms. The van der Waals surface area contributed by atoms with Gasteiger partial charge in [-0.2, -0.15) is 5.10 Å². The molecule has 1 aromatic heterocycles. The minimum Gasteiger partial charge on any atom is -0.396 e. The highest BCUT2D eigenvalue weighted by Crippen LogP contribution is 2.31. The predicted molar refractivity (Wildman–Crippen MR) is 156 cm³/mol. The summed E-state index contributed by atoms with van der Waals surface area (Å²) < 4.78 is 0. The molecule has 2 aliphatic rings. The lowest BCUT2D eigenvalue weighted by atomic mass is 9.88. The van der Waals surface area contributed by atoms with E-state index < -0.39 is 0 Å². The van der Waals surface area contributed by atoms with Crippen molar-refractivity contribution >= 4 is 23.1 Å². The molecule has 0 saturated heterocycles. The average Bonchev–Trinajstić information content (AvgIpc) is 3.18. The van der Waals surface area contributed by atoms with E-state index in [1.807, 2.05) is 6.07 Å². The van der Waals surface area contributed by atoms with E-state index in [9.17, 15) is 9.90 Å². The Bertz CT molecular complexity index is 1190. The zero-order valence-electron chi connectivity index (χ0n) is 22.7. The number of rotatable bonds is 12. The van der Waals surface area contributed by atoms with Crippen LogP contribution in [0.15, 0.2) is 66.3 Å². The number of hydrogen-bond donors (Lipinski definition) is 2. The van der Waals surface area contributed by atoms with E-state index in [4.69, 9.17) is 0 Å². The third-order valence-electron chi connectivity index (χ3n) is 7.37. The Morgan fingerprint density at radius 1 is 1.11 bits per heavy atom. The van der Waals surface area contributed by atoms with E-state index in [1.54, 1.807) is 0 Å². The fraction of sp³-hybridized carbons (Fsp3) is 0.424. The van der Waals surface area contributed by atoms with Gasteiger partial charge in [-0.05, 0) is 86.6 Å². The fourth-order valence-electron chi connectivity index (χ4n) is 5.24. The van der Waals surface area contributed by atoms with Gasteiger partial charge in [-0.15, -0.1) is 5.10 Å². The first kappa shape index (κ1) is 27.7. The van der Waals surface area contributed by atoms with E-state index in [2.05, 4.69) is 83.1 Å². The molecule has 0 aliphatic heterocycles. The second-order valence-corrected chi connectivity index (χ2v) is 10.2. The van der Waals surface area contributed by atoms with E-state index in [0.717, 1.165) is 86.7 Å². The van der Waals surface area contributed by atoms with E-state index >= 15 is 0 Å². The summed E-state index contributed by atoms with van der Waals surface area (Å²) in [6.07, 6.45) is 20.5. The third-order valence-corrected chi connectivity index (χ3v) is 7.37. The molecule has 4 rings (SSSR count). The van der Waals surface area contributed by atoms with Gasteiger partial charge in [-0.1, -0.05) is 73.6 Å². The van der Waals surface area contributed by atoms with Gasteiger partial charge in [0.05, 0.1) is 17.3 Å². The molecule has 1 amide bonds. The molecule has 2 N–H and O–H groups in total. The van der Waals surface area contributed by atoms with Gasteiger partial charge in [0.2, 0.25) is 5.91 Å². The van der Waals surface area contributed by atoms with E-state index in [1.165, 1.54) is 16.7 Å². The minimum absolute atomic E-state index is 0.102. The summed E-state index contributed by atoms with van der Waals surface area (Å²) in [7, 11) is 0. The van der Waals surface area contributed by atoms with Crippen molar-refractivity contribution in [2.24, 2.45) is 5.92 Å². The zero-order valence-corrected chi connectivity index (χ0v) is 22.7. The minimum atomic E-state index is -0.118. The summed E-state index contributed by atoms with van der Waals surface area (Å²) in [4.78, 5) is 12.9. The van der Waals surface area contributed by atoms with Crippen molar-refractivity contribution in [3.8, 4) is 0 Å². The number of fused-ring (bicyclic) bond motifs is 1. The number of nitrogens with zero attached hydrogens (tertiary/aromatic N) is 2. The fourth-order valence-corrected chi connectivity index (χ4v) is 5.24. The number of aliphatic hydroxyl groups excluding tert-OH is 1. The lowest BCUT2D eigenvalue weighted by Crippen LogP contribution is -2.31. The van der Waals surface area contributed by atoms with Crippen molar-refractivity contribution in [2.45, 2.75) is 71.1 Å². The summed E-state index contributed by atoms with van der Waals surface area (Å²) in [5, 5.41) is 21.6. The number of benzene rings is 1. The Hall–Kier alpha value is -3.31. The van der Waals surface area contributed by atoms with Crippen molar-refractivity contribution in [3.63, 3.8) is 0 Å². The normalized spacial score (nSPS) is 17.3. The van der Waals surface area contributed by atoms with Gasteiger partial charge in [0.15, 0.2) is 0 Å². The van der Waals surface area contributed by atoms with Crippen LogP contribution in [0.5, 0.6) is 0 Å². The first-order chi connectivity index (χ1) is 18.7. The summed E-state index contributed by atoms with van der Waals surface area (Å²) in [5.74, 6) is -0.0159. The molecule has 0 spiro atoms. The Kier molecular flexibility index (Phi) is 10.6. The summed E-state index contributed by atoms with van der Waals surface area (Å²) in [6.45, 7) is 3.07. The van der Waals surface area contributed by atoms with Gasteiger partial charge < -0.3 is 10.4 Å². The highest BCUT2D eigenvalue weighted by Gasteiger charge is 2.22. The molecule has 1 unspecified atom stereocenters.